The highest BCUT2D eigenvalue weighted by Gasteiger charge is 2.18. The van der Waals surface area contributed by atoms with Crippen LogP contribution in [0.1, 0.15) is 36.8 Å². The summed E-state index contributed by atoms with van der Waals surface area (Å²) in [6, 6.07) is 2.02. The van der Waals surface area contributed by atoms with E-state index < -0.39 is 0 Å². The van der Waals surface area contributed by atoms with Crippen LogP contribution in [0.4, 0.5) is 5.82 Å². The van der Waals surface area contributed by atoms with Crippen LogP contribution in [-0.2, 0) is 0 Å². The normalized spacial score (nSPS) is 15.1. The van der Waals surface area contributed by atoms with Gasteiger partial charge in [-0.1, -0.05) is 20.3 Å². The number of hydrogen-bond donors (Lipinski definition) is 1. The molecule has 0 saturated heterocycles. The molecule has 1 heterocycles. The summed E-state index contributed by atoms with van der Waals surface area (Å²) in [5, 5.41) is -0.0348. The molecule has 1 aromatic rings. The van der Waals surface area contributed by atoms with E-state index in [9.17, 15) is 0 Å². The first-order chi connectivity index (χ1) is 6.56. The number of aryl methyl sites for hydroxylation is 1. The predicted octanol–water partition coefficient (Wildman–Crippen LogP) is 3.30. The second-order valence-electron chi connectivity index (χ2n) is 3.77. The van der Waals surface area contributed by atoms with E-state index in [0.717, 1.165) is 17.5 Å². The molecule has 0 spiro atoms. The van der Waals surface area contributed by atoms with Gasteiger partial charge in [0.2, 0.25) is 0 Å². The van der Waals surface area contributed by atoms with Gasteiger partial charge in [-0.2, -0.15) is 0 Å². The minimum absolute atomic E-state index is 0.0348. The van der Waals surface area contributed by atoms with Crippen molar-refractivity contribution in [2.24, 2.45) is 5.92 Å². The summed E-state index contributed by atoms with van der Waals surface area (Å²) >= 11 is 6.31. The van der Waals surface area contributed by atoms with E-state index in [0.29, 0.717) is 11.7 Å². The van der Waals surface area contributed by atoms with Gasteiger partial charge in [0.15, 0.2) is 0 Å². The zero-order chi connectivity index (χ0) is 10.7. The Bertz CT molecular complexity index is 312. The molecule has 0 amide bonds. The fourth-order valence-corrected chi connectivity index (χ4v) is 1.69. The molecule has 2 nitrogen and oxygen atoms in total. The van der Waals surface area contributed by atoms with E-state index in [4.69, 9.17) is 17.3 Å². The number of halogens is 1. The Morgan fingerprint density at radius 3 is 2.79 bits per heavy atom. The van der Waals surface area contributed by atoms with E-state index in [1.54, 1.807) is 6.20 Å². The molecule has 3 heteroatoms. The Morgan fingerprint density at radius 2 is 2.21 bits per heavy atom. The van der Waals surface area contributed by atoms with Gasteiger partial charge in [-0.05, 0) is 24.5 Å². The minimum atomic E-state index is -0.0348. The molecule has 0 bridgehead atoms. The SMILES string of the molecule is CCC(C)C(Cl)c1cc(C)cnc1N. The van der Waals surface area contributed by atoms with Crippen molar-refractivity contribution in [1.29, 1.82) is 0 Å². The summed E-state index contributed by atoms with van der Waals surface area (Å²) in [6.45, 7) is 6.25. The first-order valence-electron chi connectivity index (χ1n) is 4.92. The number of pyridine rings is 1. The third kappa shape index (κ3) is 2.38. The number of nitrogens with zero attached hydrogens (tertiary/aromatic N) is 1. The quantitative estimate of drug-likeness (QED) is 0.781. The van der Waals surface area contributed by atoms with E-state index in [1.807, 2.05) is 13.0 Å². The lowest BCUT2D eigenvalue weighted by Crippen LogP contribution is -2.07. The monoisotopic (exact) mass is 212 g/mol. The number of aromatic nitrogens is 1. The fraction of sp³-hybridized carbons (Fsp3) is 0.545. The first kappa shape index (κ1) is 11.3. The first-order valence-corrected chi connectivity index (χ1v) is 5.36. The van der Waals surface area contributed by atoms with Crippen LogP contribution < -0.4 is 5.73 Å². The van der Waals surface area contributed by atoms with Crippen LogP contribution in [-0.4, -0.2) is 4.98 Å². The Morgan fingerprint density at radius 1 is 1.57 bits per heavy atom. The molecule has 0 aliphatic carbocycles. The van der Waals surface area contributed by atoms with Gasteiger partial charge in [0.1, 0.15) is 5.82 Å². The van der Waals surface area contributed by atoms with E-state index in [1.165, 1.54) is 0 Å². The third-order valence-corrected chi connectivity index (χ3v) is 3.19. The number of rotatable bonds is 3. The van der Waals surface area contributed by atoms with Crippen molar-refractivity contribution in [1.82, 2.24) is 4.98 Å². The highest BCUT2D eigenvalue weighted by Crippen LogP contribution is 2.33. The second kappa shape index (κ2) is 4.65. The van der Waals surface area contributed by atoms with E-state index in [-0.39, 0.29) is 5.38 Å². The summed E-state index contributed by atoms with van der Waals surface area (Å²) in [5.41, 5.74) is 7.85. The standard InChI is InChI=1S/C11H17ClN2/c1-4-8(3)10(12)9-5-7(2)6-14-11(9)13/h5-6,8,10H,4H2,1-3H3,(H2,13,14). The zero-order valence-corrected chi connectivity index (χ0v) is 9.67. The molecule has 2 N–H and O–H groups in total. The van der Waals surface area contributed by atoms with Gasteiger partial charge in [0.25, 0.3) is 0 Å². The lowest BCUT2D eigenvalue weighted by atomic mass is 9.98. The minimum Gasteiger partial charge on any atom is -0.383 e. The summed E-state index contributed by atoms with van der Waals surface area (Å²) < 4.78 is 0. The molecule has 0 aliphatic rings. The number of nitrogen functional groups attached to an aromatic ring is 1. The topological polar surface area (TPSA) is 38.9 Å². The summed E-state index contributed by atoms with van der Waals surface area (Å²) in [5.74, 6) is 0.971. The fourth-order valence-electron chi connectivity index (χ4n) is 1.34. The van der Waals surface area contributed by atoms with Gasteiger partial charge in [-0.3, -0.25) is 0 Å². The molecule has 1 rings (SSSR count). The Hall–Kier alpha value is -0.760. The largest absolute Gasteiger partial charge is 0.383 e. The van der Waals surface area contributed by atoms with Crippen LogP contribution >= 0.6 is 11.6 Å². The number of alkyl halides is 1. The highest BCUT2D eigenvalue weighted by molar-refractivity contribution is 6.21. The highest BCUT2D eigenvalue weighted by atomic mass is 35.5. The van der Waals surface area contributed by atoms with Crippen molar-refractivity contribution in [3.05, 3.63) is 23.4 Å². The molecule has 14 heavy (non-hydrogen) atoms. The molecular formula is C11H17ClN2. The van der Waals surface area contributed by atoms with Crippen molar-refractivity contribution in [2.45, 2.75) is 32.6 Å². The van der Waals surface area contributed by atoms with Crippen molar-refractivity contribution in [2.75, 3.05) is 5.73 Å². The predicted molar refractivity (Wildman–Crippen MR) is 61.4 cm³/mol. The molecule has 0 saturated carbocycles. The van der Waals surface area contributed by atoms with Crippen molar-refractivity contribution >= 4 is 17.4 Å². The zero-order valence-electron chi connectivity index (χ0n) is 8.92. The van der Waals surface area contributed by atoms with Crippen molar-refractivity contribution < 1.29 is 0 Å². The molecule has 0 radical (unpaired) electrons. The maximum absolute atomic E-state index is 6.31. The van der Waals surface area contributed by atoms with Gasteiger partial charge >= 0.3 is 0 Å². The molecule has 0 aromatic carbocycles. The van der Waals surface area contributed by atoms with Crippen LogP contribution in [0.2, 0.25) is 0 Å². The average Bonchev–Trinajstić information content (AvgIpc) is 2.19. The van der Waals surface area contributed by atoms with Crippen LogP contribution in [0.15, 0.2) is 12.3 Å². The Kier molecular flexibility index (Phi) is 3.76. The van der Waals surface area contributed by atoms with Gasteiger partial charge in [0, 0.05) is 11.8 Å². The molecule has 1 aromatic heterocycles. The van der Waals surface area contributed by atoms with Crippen LogP contribution in [0.25, 0.3) is 0 Å². The number of anilines is 1. The second-order valence-corrected chi connectivity index (χ2v) is 4.24. The average molecular weight is 213 g/mol. The molecule has 0 aliphatic heterocycles. The van der Waals surface area contributed by atoms with Crippen molar-refractivity contribution in [3.8, 4) is 0 Å². The van der Waals surface area contributed by atoms with Crippen LogP contribution in [0.5, 0.6) is 0 Å². The number of nitrogens with two attached hydrogens (primary N) is 1. The number of hydrogen-bond acceptors (Lipinski definition) is 2. The molecule has 78 valence electrons. The van der Waals surface area contributed by atoms with Crippen LogP contribution in [0.3, 0.4) is 0 Å². The maximum atomic E-state index is 6.31. The van der Waals surface area contributed by atoms with Gasteiger partial charge in [0.05, 0.1) is 5.38 Å². The summed E-state index contributed by atoms with van der Waals surface area (Å²) in [7, 11) is 0. The summed E-state index contributed by atoms with van der Waals surface area (Å²) in [4.78, 5) is 4.11. The molecular weight excluding hydrogens is 196 g/mol. The third-order valence-electron chi connectivity index (χ3n) is 2.53. The van der Waals surface area contributed by atoms with Gasteiger partial charge in [-0.15, -0.1) is 11.6 Å². The molecule has 2 unspecified atom stereocenters. The smallest absolute Gasteiger partial charge is 0.128 e. The Balaban J connectivity index is 2.99. The molecule has 0 fully saturated rings. The van der Waals surface area contributed by atoms with E-state index in [2.05, 4.69) is 18.8 Å². The van der Waals surface area contributed by atoms with Crippen molar-refractivity contribution in [3.63, 3.8) is 0 Å². The summed E-state index contributed by atoms with van der Waals surface area (Å²) in [6.07, 6.45) is 2.81. The van der Waals surface area contributed by atoms with Gasteiger partial charge in [-0.25, -0.2) is 4.98 Å². The van der Waals surface area contributed by atoms with Gasteiger partial charge < -0.3 is 5.73 Å². The lowest BCUT2D eigenvalue weighted by Gasteiger charge is -2.18. The Labute approximate surface area is 90.5 Å². The van der Waals surface area contributed by atoms with Crippen LogP contribution in [0, 0.1) is 12.8 Å². The molecule has 2 atom stereocenters. The van der Waals surface area contributed by atoms with E-state index >= 15 is 0 Å². The maximum Gasteiger partial charge on any atom is 0.128 e. The lowest BCUT2D eigenvalue weighted by molar-refractivity contribution is 0.542.